The molecule has 0 fully saturated rings. The van der Waals surface area contributed by atoms with Gasteiger partial charge < -0.3 is 0 Å². The molecule has 0 saturated carbocycles. The minimum atomic E-state index is -3.44. The van der Waals surface area contributed by atoms with E-state index in [1.54, 1.807) is 6.07 Å². The molecule has 0 bridgehead atoms. The Bertz CT molecular complexity index is 547. The Morgan fingerprint density at radius 1 is 1.47 bits per heavy atom. The van der Waals surface area contributed by atoms with Crippen LogP contribution >= 0.6 is 11.6 Å². The quantitative estimate of drug-likeness (QED) is 0.916. The smallest absolute Gasteiger partial charge is 0.233 e. The molecule has 92 valence electrons. The minimum Gasteiger partial charge on any atom is -0.282 e. The van der Waals surface area contributed by atoms with Gasteiger partial charge in [-0.2, -0.15) is 5.26 Å². The van der Waals surface area contributed by atoms with Crippen LogP contribution in [0.25, 0.3) is 0 Å². The normalized spacial score (nSPS) is 11.2. The third-order valence-electron chi connectivity index (χ3n) is 1.92. The molecule has 0 aromatic heterocycles. The lowest BCUT2D eigenvalue weighted by Crippen LogP contribution is -2.20. The lowest BCUT2D eigenvalue weighted by atomic mass is 10.2. The average Bonchev–Trinajstić information content (AvgIpc) is 2.14. The third-order valence-corrected chi connectivity index (χ3v) is 3.79. The number of hydrogen-bond acceptors (Lipinski definition) is 3. The number of anilines is 1. The summed E-state index contributed by atoms with van der Waals surface area (Å²) in [5.74, 6) is 0.0157. The summed E-state index contributed by atoms with van der Waals surface area (Å²) in [6, 6.07) is 6.37. The first kappa shape index (κ1) is 13.8. The van der Waals surface area contributed by atoms with E-state index >= 15 is 0 Å². The molecule has 6 heteroatoms. The van der Waals surface area contributed by atoms with Gasteiger partial charge in [0, 0.05) is 5.02 Å². The van der Waals surface area contributed by atoms with Crippen molar-refractivity contribution in [2.24, 2.45) is 5.92 Å². The third kappa shape index (κ3) is 4.25. The molecule has 1 N–H and O–H groups in total. The number of halogens is 1. The summed E-state index contributed by atoms with van der Waals surface area (Å²) in [5, 5.41) is 9.24. The minimum absolute atomic E-state index is 0.00435. The van der Waals surface area contributed by atoms with Crippen LogP contribution in [0.2, 0.25) is 5.02 Å². The first-order valence-corrected chi connectivity index (χ1v) is 7.07. The van der Waals surface area contributed by atoms with Gasteiger partial charge in [-0.3, -0.25) is 4.72 Å². The zero-order valence-electron chi connectivity index (χ0n) is 9.57. The van der Waals surface area contributed by atoms with Crippen LogP contribution in [0.5, 0.6) is 0 Å². The average molecular weight is 273 g/mol. The van der Waals surface area contributed by atoms with Crippen LogP contribution < -0.4 is 4.72 Å². The van der Waals surface area contributed by atoms with E-state index in [1.807, 2.05) is 19.9 Å². The molecule has 0 radical (unpaired) electrons. The Hall–Kier alpha value is -1.25. The van der Waals surface area contributed by atoms with Gasteiger partial charge in [-0.05, 0) is 24.1 Å². The van der Waals surface area contributed by atoms with Crippen LogP contribution in [-0.2, 0) is 10.0 Å². The standard InChI is InChI=1S/C11H13ClN2O2S/c1-8(2)7-17(15,16)14-11-5-10(12)4-3-9(11)6-13/h3-5,8,14H,7H2,1-2H3. The van der Waals surface area contributed by atoms with Crippen LogP contribution in [0.4, 0.5) is 5.69 Å². The number of hydrogen-bond donors (Lipinski definition) is 1. The molecule has 4 nitrogen and oxygen atoms in total. The summed E-state index contributed by atoms with van der Waals surface area (Å²) >= 11 is 5.76. The lowest BCUT2D eigenvalue weighted by Gasteiger charge is -2.11. The van der Waals surface area contributed by atoms with Gasteiger partial charge in [0.1, 0.15) is 6.07 Å². The molecule has 0 amide bonds. The molecule has 0 heterocycles. The van der Waals surface area contributed by atoms with Gasteiger partial charge in [0.05, 0.1) is 17.0 Å². The second-order valence-corrected chi connectivity index (χ2v) is 6.28. The van der Waals surface area contributed by atoms with Gasteiger partial charge in [-0.25, -0.2) is 8.42 Å². The monoisotopic (exact) mass is 272 g/mol. The summed E-state index contributed by atoms with van der Waals surface area (Å²) in [5.41, 5.74) is 0.474. The maximum absolute atomic E-state index is 11.7. The van der Waals surface area contributed by atoms with Crippen molar-refractivity contribution in [3.63, 3.8) is 0 Å². The molecule has 0 aliphatic heterocycles. The van der Waals surface area contributed by atoms with Crippen molar-refractivity contribution in [1.82, 2.24) is 0 Å². The highest BCUT2D eigenvalue weighted by Gasteiger charge is 2.15. The van der Waals surface area contributed by atoms with Crippen molar-refractivity contribution in [3.8, 4) is 6.07 Å². The van der Waals surface area contributed by atoms with Gasteiger partial charge in [0.2, 0.25) is 10.0 Å². The summed E-state index contributed by atoms with van der Waals surface area (Å²) in [6.07, 6.45) is 0. The second-order valence-electron chi connectivity index (χ2n) is 4.08. The molecular formula is C11H13ClN2O2S. The van der Waals surface area contributed by atoms with Crippen molar-refractivity contribution < 1.29 is 8.42 Å². The van der Waals surface area contributed by atoms with Gasteiger partial charge in [0.15, 0.2) is 0 Å². The number of nitriles is 1. The summed E-state index contributed by atoms with van der Waals surface area (Å²) in [7, 11) is -3.44. The highest BCUT2D eigenvalue weighted by atomic mass is 35.5. The SMILES string of the molecule is CC(C)CS(=O)(=O)Nc1cc(Cl)ccc1C#N. The molecular weight excluding hydrogens is 260 g/mol. The largest absolute Gasteiger partial charge is 0.282 e. The van der Waals surface area contributed by atoms with Crippen molar-refractivity contribution in [2.75, 3.05) is 10.5 Å². The van der Waals surface area contributed by atoms with Crippen LogP contribution in [0.1, 0.15) is 19.4 Å². The van der Waals surface area contributed by atoms with E-state index in [0.29, 0.717) is 5.02 Å². The predicted molar refractivity (Wildman–Crippen MR) is 68.4 cm³/mol. The van der Waals surface area contributed by atoms with E-state index in [2.05, 4.69) is 4.72 Å². The summed E-state index contributed by atoms with van der Waals surface area (Å²) < 4.78 is 25.8. The van der Waals surface area contributed by atoms with Crippen molar-refractivity contribution in [3.05, 3.63) is 28.8 Å². The van der Waals surface area contributed by atoms with E-state index in [-0.39, 0.29) is 22.9 Å². The fourth-order valence-corrected chi connectivity index (χ4v) is 2.98. The Labute approximate surface area is 106 Å². The Kier molecular flexibility index (Phi) is 4.38. The van der Waals surface area contributed by atoms with E-state index in [1.165, 1.54) is 12.1 Å². The lowest BCUT2D eigenvalue weighted by molar-refractivity contribution is 0.587. The molecule has 1 aromatic rings. The van der Waals surface area contributed by atoms with Crippen LogP contribution in [0.3, 0.4) is 0 Å². The van der Waals surface area contributed by atoms with Crippen LogP contribution in [0.15, 0.2) is 18.2 Å². The number of sulfonamides is 1. The number of nitrogens with one attached hydrogen (secondary N) is 1. The Morgan fingerprint density at radius 2 is 2.12 bits per heavy atom. The van der Waals surface area contributed by atoms with Gasteiger partial charge in [-0.1, -0.05) is 25.4 Å². The number of benzene rings is 1. The van der Waals surface area contributed by atoms with Gasteiger partial charge in [-0.15, -0.1) is 0 Å². The van der Waals surface area contributed by atoms with Crippen molar-refractivity contribution in [1.29, 1.82) is 5.26 Å². The van der Waals surface area contributed by atoms with E-state index in [9.17, 15) is 8.42 Å². The van der Waals surface area contributed by atoms with Crippen LogP contribution in [-0.4, -0.2) is 14.2 Å². The van der Waals surface area contributed by atoms with E-state index in [4.69, 9.17) is 16.9 Å². The maximum Gasteiger partial charge on any atom is 0.233 e. The van der Waals surface area contributed by atoms with Crippen molar-refractivity contribution in [2.45, 2.75) is 13.8 Å². The molecule has 0 saturated heterocycles. The zero-order valence-corrected chi connectivity index (χ0v) is 11.1. The number of nitrogens with zero attached hydrogens (tertiary/aromatic N) is 1. The van der Waals surface area contributed by atoms with E-state index < -0.39 is 10.0 Å². The summed E-state index contributed by atoms with van der Waals surface area (Å²) in [6.45, 7) is 3.62. The van der Waals surface area contributed by atoms with Gasteiger partial charge >= 0.3 is 0 Å². The highest BCUT2D eigenvalue weighted by Crippen LogP contribution is 2.21. The Balaban J connectivity index is 3.03. The molecule has 17 heavy (non-hydrogen) atoms. The fourth-order valence-electron chi connectivity index (χ4n) is 1.35. The number of rotatable bonds is 4. The van der Waals surface area contributed by atoms with Gasteiger partial charge in [0.25, 0.3) is 0 Å². The molecule has 0 unspecified atom stereocenters. The predicted octanol–water partition coefficient (Wildman–Crippen LogP) is 2.61. The van der Waals surface area contributed by atoms with E-state index in [0.717, 1.165) is 0 Å². The second kappa shape index (κ2) is 5.39. The van der Waals surface area contributed by atoms with Crippen LogP contribution in [0, 0.1) is 17.2 Å². The molecule has 1 aromatic carbocycles. The molecule has 0 aliphatic rings. The molecule has 0 atom stereocenters. The first-order chi connectivity index (χ1) is 7.84. The van der Waals surface area contributed by atoms with Crippen molar-refractivity contribution >= 4 is 27.3 Å². The zero-order chi connectivity index (χ0) is 13.1. The molecule has 0 aliphatic carbocycles. The first-order valence-electron chi connectivity index (χ1n) is 5.04. The Morgan fingerprint density at radius 3 is 2.65 bits per heavy atom. The fraction of sp³-hybridized carbons (Fsp3) is 0.364. The topological polar surface area (TPSA) is 70.0 Å². The molecule has 0 spiro atoms. The summed E-state index contributed by atoms with van der Waals surface area (Å²) in [4.78, 5) is 0. The molecule has 1 rings (SSSR count). The highest BCUT2D eigenvalue weighted by molar-refractivity contribution is 7.92. The maximum atomic E-state index is 11.7.